The molecule has 0 bridgehead atoms. The molecule has 174 valence electrons. The highest BCUT2D eigenvalue weighted by Crippen LogP contribution is 2.37. The molecule has 0 saturated carbocycles. The van der Waals surface area contributed by atoms with Gasteiger partial charge in [-0.15, -0.1) is 0 Å². The SMILES string of the molecule is CCC(C)c1cc(-n2c3ccccc3c3ccccc32)cc(-n2c3ccccc3c3ccccc32)c1. The maximum Gasteiger partial charge on any atom is 0.0541 e. The van der Waals surface area contributed by atoms with Crippen LogP contribution in [0.4, 0.5) is 0 Å². The van der Waals surface area contributed by atoms with E-state index in [1.807, 2.05) is 0 Å². The molecule has 7 rings (SSSR count). The second kappa shape index (κ2) is 8.13. The Morgan fingerprint density at radius 1 is 0.500 bits per heavy atom. The van der Waals surface area contributed by atoms with Gasteiger partial charge in [0.2, 0.25) is 0 Å². The topological polar surface area (TPSA) is 9.86 Å². The largest absolute Gasteiger partial charge is 0.309 e. The van der Waals surface area contributed by atoms with Crippen LogP contribution >= 0.6 is 0 Å². The normalized spacial score (nSPS) is 12.7. The van der Waals surface area contributed by atoms with Crippen LogP contribution in [0.2, 0.25) is 0 Å². The van der Waals surface area contributed by atoms with Gasteiger partial charge in [-0.2, -0.15) is 0 Å². The van der Waals surface area contributed by atoms with Crippen LogP contribution in [-0.4, -0.2) is 9.13 Å². The summed E-state index contributed by atoms with van der Waals surface area (Å²) in [5, 5.41) is 5.17. The summed E-state index contributed by atoms with van der Waals surface area (Å²) in [5.41, 5.74) is 8.76. The van der Waals surface area contributed by atoms with Crippen molar-refractivity contribution in [1.29, 1.82) is 0 Å². The molecule has 0 aliphatic carbocycles. The van der Waals surface area contributed by atoms with Crippen molar-refractivity contribution in [3.8, 4) is 11.4 Å². The summed E-state index contributed by atoms with van der Waals surface area (Å²) < 4.78 is 4.88. The molecule has 0 fully saturated rings. The predicted octanol–water partition coefficient (Wildman–Crippen LogP) is 9.39. The Bertz CT molecular complexity index is 1660. The third-order valence-electron chi connectivity index (χ3n) is 7.78. The predicted molar refractivity (Wildman–Crippen MR) is 154 cm³/mol. The molecule has 7 aromatic rings. The molecule has 5 aromatic carbocycles. The zero-order chi connectivity index (χ0) is 24.2. The van der Waals surface area contributed by atoms with E-state index in [1.165, 1.54) is 60.5 Å². The summed E-state index contributed by atoms with van der Waals surface area (Å²) in [6, 6.07) is 42.2. The number of benzene rings is 5. The van der Waals surface area contributed by atoms with E-state index >= 15 is 0 Å². The fourth-order valence-corrected chi connectivity index (χ4v) is 5.80. The van der Waals surface area contributed by atoms with Crippen LogP contribution in [0.3, 0.4) is 0 Å². The molecule has 1 unspecified atom stereocenters. The zero-order valence-electron chi connectivity index (χ0n) is 20.6. The number of nitrogens with zero attached hydrogens (tertiary/aromatic N) is 2. The first-order chi connectivity index (χ1) is 17.7. The molecule has 0 N–H and O–H groups in total. The van der Waals surface area contributed by atoms with Gasteiger partial charge in [-0.3, -0.25) is 0 Å². The Labute approximate surface area is 211 Å². The number of fused-ring (bicyclic) bond motifs is 6. The molecule has 0 aliphatic rings. The number of aromatic nitrogens is 2. The minimum absolute atomic E-state index is 0.463. The fourth-order valence-electron chi connectivity index (χ4n) is 5.80. The van der Waals surface area contributed by atoms with Crippen molar-refractivity contribution in [1.82, 2.24) is 9.13 Å². The van der Waals surface area contributed by atoms with Crippen LogP contribution in [0.5, 0.6) is 0 Å². The minimum atomic E-state index is 0.463. The Morgan fingerprint density at radius 3 is 1.17 bits per heavy atom. The summed E-state index contributed by atoms with van der Waals surface area (Å²) in [4.78, 5) is 0. The molecule has 0 saturated heterocycles. The Hall–Kier alpha value is -4.30. The average molecular weight is 465 g/mol. The number of hydrogen-bond acceptors (Lipinski definition) is 0. The van der Waals surface area contributed by atoms with Crippen molar-refractivity contribution in [2.45, 2.75) is 26.2 Å². The van der Waals surface area contributed by atoms with Crippen LogP contribution in [0.25, 0.3) is 55.0 Å². The lowest BCUT2D eigenvalue weighted by atomic mass is 9.97. The average Bonchev–Trinajstić information content (AvgIpc) is 3.45. The smallest absolute Gasteiger partial charge is 0.0541 e. The van der Waals surface area contributed by atoms with Crippen LogP contribution in [-0.2, 0) is 0 Å². The standard InChI is InChI=1S/C34H28N2/c1-3-23(2)24-20-25(35-31-16-8-4-12-27(31)28-13-5-9-17-32(28)35)22-26(21-24)36-33-18-10-6-14-29(33)30-15-7-11-19-34(30)36/h4-23H,3H2,1-2H3. The van der Waals surface area contributed by atoms with E-state index in [0.717, 1.165) is 6.42 Å². The number of para-hydroxylation sites is 4. The molecular weight excluding hydrogens is 436 g/mol. The van der Waals surface area contributed by atoms with Gasteiger partial charge in [0.25, 0.3) is 0 Å². The number of hydrogen-bond donors (Lipinski definition) is 0. The lowest BCUT2D eigenvalue weighted by molar-refractivity contribution is 0.732. The monoisotopic (exact) mass is 464 g/mol. The molecular formula is C34H28N2. The van der Waals surface area contributed by atoms with Crippen molar-refractivity contribution in [3.05, 3.63) is 121 Å². The van der Waals surface area contributed by atoms with E-state index in [0.29, 0.717) is 5.92 Å². The maximum absolute atomic E-state index is 2.44. The Morgan fingerprint density at radius 2 is 0.833 bits per heavy atom. The molecule has 2 heteroatoms. The van der Waals surface area contributed by atoms with Gasteiger partial charge in [0.05, 0.1) is 22.1 Å². The first-order valence-electron chi connectivity index (χ1n) is 12.9. The third kappa shape index (κ3) is 3.04. The van der Waals surface area contributed by atoms with Crippen LogP contribution < -0.4 is 0 Å². The highest BCUT2D eigenvalue weighted by molar-refractivity contribution is 6.10. The first kappa shape index (κ1) is 21.0. The second-order valence-electron chi connectivity index (χ2n) is 9.83. The number of rotatable bonds is 4. The van der Waals surface area contributed by atoms with Crippen molar-refractivity contribution < 1.29 is 0 Å². The van der Waals surface area contributed by atoms with Gasteiger partial charge in [-0.1, -0.05) is 86.6 Å². The van der Waals surface area contributed by atoms with Crippen molar-refractivity contribution in [2.75, 3.05) is 0 Å². The summed E-state index contributed by atoms with van der Waals surface area (Å²) >= 11 is 0. The van der Waals surface area contributed by atoms with E-state index < -0.39 is 0 Å². The molecule has 2 aromatic heterocycles. The van der Waals surface area contributed by atoms with E-state index in [-0.39, 0.29) is 0 Å². The molecule has 2 heterocycles. The van der Waals surface area contributed by atoms with Gasteiger partial charge in [-0.05, 0) is 60.4 Å². The highest BCUT2D eigenvalue weighted by atomic mass is 15.0. The molecule has 2 nitrogen and oxygen atoms in total. The van der Waals surface area contributed by atoms with Gasteiger partial charge in [0, 0.05) is 32.9 Å². The van der Waals surface area contributed by atoms with Crippen LogP contribution in [0.15, 0.2) is 115 Å². The zero-order valence-corrected chi connectivity index (χ0v) is 20.6. The van der Waals surface area contributed by atoms with Crippen molar-refractivity contribution in [3.63, 3.8) is 0 Å². The third-order valence-corrected chi connectivity index (χ3v) is 7.78. The first-order valence-corrected chi connectivity index (χ1v) is 12.9. The minimum Gasteiger partial charge on any atom is -0.309 e. The lowest BCUT2D eigenvalue weighted by Gasteiger charge is -2.18. The Kier molecular flexibility index (Phi) is 4.75. The summed E-state index contributed by atoms with van der Waals surface area (Å²) in [5.74, 6) is 0.463. The van der Waals surface area contributed by atoms with E-state index in [4.69, 9.17) is 0 Å². The van der Waals surface area contributed by atoms with Gasteiger partial charge in [-0.25, -0.2) is 0 Å². The van der Waals surface area contributed by atoms with E-state index in [9.17, 15) is 0 Å². The van der Waals surface area contributed by atoms with Gasteiger partial charge >= 0.3 is 0 Å². The van der Waals surface area contributed by atoms with Crippen molar-refractivity contribution >= 4 is 43.6 Å². The summed E-state index contributed by atoms with van der Waals surface area (Å²) in [7, 11) is 0. The van der Waals surface area contributed by atoms with Crippen molar-refractivity contribution in [2.24, 2.45) is 0 Å². The lowest BCUT2D eigenvalue weighted by Crippen LogP contribution is -2.02. The molecule has 0 spiro atoms. The van der Waals surface area contributed by atoms with E-state index in [2.05, 4.69) is 138 Å². The van der Waals surface area contributed by atoms with Gasteiger partial charge in [0.15, 0.2) is 0 Å². The highest BCUT2D eigenvalue weighted by Gasteiger charge is 2.17. The quantitative estimate of drug-likeness (QED) is 0.245. The molecule has 0 radical (unpaired) electrons. The summed E-state index contributed by atoms with van der Waals surface area (Å²) in [6.45, 7) is 4.61. The van der Waals surface area contributed by atoms with Crippen LogP contribution in [0, 0.1) is 0 Å². The van der Waals surface area contributed by atoms with Gasteiger partial charge < -0.3 is 9.13 Å². The summed E-state index contributed by atoms with van der Waals surface area (Å²) in [6.07, 6.45) is 1.10. The van der Waals surface area contributed by atoms with Crippen LogP contribution in [0.1, 0.15) is 31.7 Å². The molecule has 1 atom stereocenters. The fraction of sp³-hybridized carbons (Fsp3) is 0.118. The maximum atomic E-state index is 2.44. The second-order valence-corrected chi connectivity index (χ2v) is 9.83. The van der Waals surface area contributed by atoms with Gasteiger partial charge in [0.1, 0.15) is 0 Å². The molecule has 0 amide bonds. The Balaban J connectivity index is 1.60. The molecule has 36 heavy (non-hydrogen) atoms. The van der Waals surface area contributed by atoms with E-state index in [1.54, 1.807) is 0 Å². The molecule has 0 aliphatic heterocycles.